The zero-order valence-corrected chi connectivity index (χ0v) is 7.63. The second-order valence-corrected chi connectivity index (χ2v) is 3.22. The SMILES string of the molecule is COc1cc2c(cc1O)CNCC2. The van der Waals surface area contributed by atoms with Crippen molar-refractivity contribution in [3.8, 4) is 11.5 Å². The van der Waals surface area contributed by atoms with E-state index >= 15 is 0 Å². The Labute approximate surface area is 77.3 Å². The number of nitrogens with one attached hydrogen (secondary N) is 1. The summed E-state index contributed by atoms with van der Waals surface area (Å²) in [4.78, 5) is 0. The molecule has 0 bridgehead atoms. The maximum atomic E-state index is 9.51. The number of phenolic OH excluding ortho intramolecular Hbond substituents is 1. The summed E-state index contributed by atoms with van der Waals surface area (Å²) in [6, 6.07) is 3.70. The lowest BCUT2D eigenvalue weighted by atomic mass is 10.0. The molecule has 0 radical (unpaired) electrons. The van der Waals surface area contributed by atoms with E-state index in [2.05, 4.69) is 5.32 Å². The van der Waals surface area contributed by atoms with Crippen molar-refractivity contribution in [3.63, 3.8) is 0 Å². The first-order valence-corrected chi connectivity index (χ1v) is 4.40. The van der Waals surface area contributed by atoms with Crippen molar-refractivity contribution in [1.82, 2.24) is 5.32 Å². The number of phenols is 1. The van der Waals surface area contributed by atoms with E-state index in [1.54, 1.807) is 13.2 Å². The van der Waals surface area contributed by atoms with Gasteiger partial charge in [0.05, 0.1) is 7.11 Å². The maximum absolute atomic E-state index is 9.51. The van der Waals surface area contributed by atoms with Crippen molar-refractivity contribution in [1.29, 1.82) is 0 Å². The van der Waals surface area contributed by atoms with E-state index in [-0.39, 0.29) is 5.75 Å². The number of methoxy groups -OCH3 is 1. The van der Waals surface area contributed by atoms with E-state index in [1.165, 1.54) is 11.1 Å². The first-order valence-electron chi connectivity index (χ1n) is 4.40. The van der Waals surface area contributed by atoms with E-state index in [0.717, 1.165) is 19.5 Å². The molecule has 13 heavy (non-hydrogen) atoms. The molecule has 1 heterocycles. The molecule has 1 aromatic rings. The molecule has 3 nitrogen and oxygen atoms in total. The smallest absolute Gasteiger partial charge is 0.160 e. The van der Waals surface area contributed by atoms with Crippen LogP contribution < -0.4 is 10.1 Å². The molecule has 1 aliphatic rings. The summed E-state index contributed by atoms with van der Waals surface area (Å²) in [7, 11) is 1.57. The lowest BCUT2D eigenvalue weighted by molar-refractivity contribution is 0.371. The van der Waals surface area contributed by atoms with Gasteiger partial charge in [0, 0.05) is 6.54 Å². The Balaban J connectivity index is 2.44. The molecule has 0 saturated carbocycles. The first kappa shape index (κ1) is 8.38. The number of rotatable bonds is 1. The van der Waals surface area contributed by atoms with Gasteiger partial charge in [0.2, 0.25) is 0 Å². The van der Waals surface area contributed by atoms with Crippen LogP contribution in [-0.2, 0) is 13.0 Å². The number of ether oxygens (including phenoxy) is 1. The van der Waals surface area contributed by atoms with Gasteiger partial charge in [-0.05, 0) is 36.2 Å². The van der Waals surface area contributed by atoms with Gasteiger partial charge in [0.25, 0.3) is 0 Å². The third-order valence-corrected chi connectivity index (χ3v) is 2.39. The van der Waals surface area contributed by atoms with Crippen LogP contribution in [0.1, 0.15) is 11.1 Å². The molecule has 2 N–H and O–H groups in total. The minimum absolute atomic E-state index is 0.227. The van der Waals surface area contributed by atoms with Gasteiger partial charge in [0.15, 0.2) is 11.5 Å². The van der Waals surface area contributed by atoms with Crippen LogP contribution in [0.3, 0.4) is 0 Å². The van der Waals surface area contributed by atoms with Crippen LogP contribution in [0.15, 0.2) is 12.1 Å². The summed E-state index contributed by atoms with van der Waals surface area (Å²) < 4.78 is 5.04. The molecule has 0 unspecified atom stereocenters. The fraction of sp³-hybridized carbons (Fsp3) is 0.400. The lowest BCUT2D eigenvalue weighted by Crippen LogP contribution is -2.23. The quantitative estimate of drug-likeness (QED) is 0.677. The van der Waals surface area contributed by atoms with Crippen molar-refractivity contribution < 1.29 is 9.84 Å². The van der Waals surface area contributed by atoms with Crippen molar-refractivity contribution in [3.05, 3.63) is 23.3 Å². The monoisotopic (exact) mass is 179 g/mol. The van der Waals surface area contributed by atoms with Gasteiger partial charge >= 0.3 is 0 Å². The van der Waals surface area contributed by atoms with Crippen molar-refractivity contribution >= 4 is 0 Å². The highest BCUT2D eigenvalue weighted by Crippen LogP contribution is 2.30. The van der Waals surface area contributed by atoms with Crippen LogP contribution >= 0.6 is 0 Å². The average molecular weight is 179 g/mol. The second kappa shape index (κ2) is 3.26. The number of benzene rings is 1. The summed E-state index contributed by atoms with van der Waals surface area (Å²) in [5, 5.41) is 12.8. The molecule has 0 atom stereocenters. The number of hydrogen-bond donors (Lipinski definition) is 2. The molecule has 3 heteroatoms. The highest BCUT2D eigenvalue weighted by Gasteiger charge is 2.12. The van der Waals surface area contributed by atoms with Crippen molar-refractivity contribution in [2.45, 2.75) is 13.0 Å². The van der Waals surface area contributed by atoms with Gasteiger partial charge in [-0.1, -0.05) is 0 Å². The van der Waals surface area contributed by atoms with Crippen molar-refractivity contribution in [2.24, 2.45) is 0 Å². The predicted molar refractivity (Wildman–Crippen MR) is 50.1 cm³/mol. The van der Waals surface area contributed by atoms with E-state index in [1.807, 2.05) is 6.07 Å². The molecule has 70 valence electrons. The van der Waals surface area contributed by atoms with Crippen LogP contribution in [0.4, 0.5) is 0 Å². The number of fused-ring (bicyclic) bond motifs is 1. The van der Waals surface area contributed by atoms with Crippen LogP contribution in [0.25, 0.3) is 0 Å². The molecule has 0 amide bonds. The molecular weight excluding hydrogens is 166 g/mol. The molecule has 0 aromatic heterocycles. The van der Waals surface area contributed by atoms with E-state index in [0.29, 0.717) is 5.75 Å². The molecule has 0 fully saturated rings. The molecular formula is C10H13NO2. The molecule has 0 spiro atoms. The number of hydrogen-bond acceptors (Lipinski definition) is 3. The largest absolute Gasteiger partial charge is 0.504 e. The molecule has 1 aromatic carbocycles. The highest BCUT2D eigenvalue weighted by molar-refractivity contribution is 5.47. The molecule has 2 rings (SSSR count). The van der Waals surface area contributed by atoms with Crippen LogP contribution in [-0.4, -0.2) is 18.8 Å². The second-order valence-electron chi connectivity index (χ2n) is 3.22. The fourth-order valence-electron chi connectivity index (χ4n) is 1.66. The summed E-state index contributed by atoms with van der Waals surface area (Å²) in [5.74, 6) is 0.797. The van der Waals surface area contributed by atoms with Gasteiger partial charge in [0.1, 0.15) is 0 Å². The summed E-state index contributed by atoms with van der Waals surface area (Å²) in [5.41, 5.74) is 2.44. The standard InChI is InChI=1S/C10H13NO2/c1-13-10-5-7-2-3-11-6-8(7)4-9(10)12/h4-5,11-12H,2-3,6H2,1H3. The Morgan fingerprint density at radius 1 is 1.38 bits per heavy atom. The Hall–Kier alpha value is -1.22. The zero-order valence-electron chi connectivity index (χ0n) is 7.63. The Bertz CT molecular complexity index is 323. The van der Waals surface area contributed by atoms with Gasteiger partial charge in [-0.15, -0.1) is 0 Å². The van der Waals surface area contributed by atoms with Gasteiger partial charge in [-0.2, -0.15) is 0 Å². The third kappa shape index (κ3) is 1.47. The predicted octanol–water partition coefficient (Wildman–Crippen LogP) is 1.05. The minimum Gasteiger partial charge on any atom is -0.504 e. The fourth-order valence-corrected chi connectivity index (χ4v) is 1.66. The van der Waals surface area contributed by atoms with Gasteiger partial charge in [-0.3, -0.25) is 0 Å². The van der Waals surface area contributed by atoms with Gasteiger partial charge in [-0.25, -0.2) is 0 Å². The number of aromatic hydroxyl groups is 1. The van der Waals surface area contributed by atoms with Crippen LogP contribution in [0, 0.1) is 0 Å². The Kier molecular flexibility index (Phi) is 2.10. The molecule has 0 saturated heterocycles. The van der Waals surface area contributed by atoms with Crippen LogP contribution in [0.2, 0.25) is 0 Å². The zero-order chi connectivity index (χ0) is 9.26. The first-order chi connectivity index (χ1) is 6.31. The van der Waals surface area contributed by atoms with E-state index in [4.69, 9.17) is 4.74 Å². The van der Waals surface area contributed by atoms with E-state index < -0.39 is 0 Å². The Morgan fingerprint density at radius 3 is 3.00 bits per heavy atom. The lowest BCUT2D eigenvalue weighted by Gasteiger charge is -2.18. The maximum Gasteiger partial charge on any atom is 0.160 e. The summed E-state index contributed by atoms with van der Waals surface area (Å²) in [6.07, 6.45) is 1.01. The third-order valence-electron chi connectivity index (χ3n) is 2.39. The van der Waals surface area contributed by atoms with Crippen molar-refractivity contribution in [2.75, 3.05) is 13.7 Å². The topological polar surface area (TPSA) is 41.5 Å². The minimum atomic E-state index is 0.227. The summed E-state index contributed by atoms with van der Waals surface area (Å²) in [6.45, 7) is 1.84. The normalized spacial score (nSPS) is 15.2. The average Bonchev–Trinajstić information content (AvgIpc) is 2.17. The van der Waals surface area contributed by atoms with Crippen LogP contribution in [0.5, 0.6) is 11.5 Å². The molecule has 0 aliphatic carbocycles. The molecule has 1 aliphatic heterocycles. The van der Waals surface area contributed by atoms with Gasteiger partial charge < -0.3 is 15.2 Å². The Morgan fingerprint density at radius 2 is 2.23 bits per heavy atom. The van der Waals surface area contributed by atoms with E-state index in [9.17, 15) is 5.11 Å². The highest BCUT2D eigenvalue weighted by atomic mass is 16.5. The summed E-state index contributed by atoms with van der Waals surface area (Å²) >= 11 is 0.